The summed E-state index contributed by atoms with van der Waals surface area (Å²) in [4.78, 5) is 0. The molecule has 0 aliphatic heterocycles. The maximum Gasteiger partial charge on any atom is 0.146 e. The quantitative estimate of drug-likeness (QED) is 0.671. The smallest absolute Gasteiger partial charge is 0.146 e. The fourth-order valence-corrected chi connectivity index (χ4v) is 1.01. The number of nitrogen functional groups attached to an aromatic ring is 1. The summed E-state index contributed by atoms with van der Waals surface area (Å²) in [5, 5.41) is 11.5. The second-order valence-corrected chi connectivity index (χ2v) is 2.85. The maximum absolute atomic E-state index is 5.40. The van der Waals surface area contributed by atoms with Gasteiger partial charge in [0.1, 0.15) is 18.1 Å². The molecule has 5 heteroatoms. The van der Waals surface area contributed by atoms with Gasteiger partial charge >= 0.3 is 0 Å². The molecular weight excluding hydrogens is 190 g/mol. The van der Waals surface area contributed by atoms with Crippen LogP contribution in [-0.2, 0) is 6.54 Å². The predicted octanol–water partition coefficient (Wildman–Crippen LogP) is 0.307. The molecule has 0 bridgehead atoms. The zero-order valence-corrected chi connectivity index (χ0v) is 7.96. The van der Waals surface area contributed by atoms with Crippen LogP contribution in [0.2, 0.25) is 0 Å². The van der Waals surface area contributed by atoms with Crippen molar-refractivity contribution >= 4 is 5.82 Å². The fraction of sp³-hybridized carbons (Fsp3) is 0.100. The van der Waals surface area contributed by atoms with Gasteiger partial charge in [-0.15, -0.1) is 10.2 Å². The van der Waals surface area contributed by atoms with Crippen molar-refractivity contribution in [2.45, 2.75) is 6.54 Å². The summed E-state index contributed by atoms with van der Waals surface area (Å²) in [5.41, 5.74) is 6.00. The second kappa shape index (κ2) is 4.24. The van der Waals surface area contributed by atoms with Gasteiger partial charge in [0, 0.05) is 12.4 Å². The SMILES string of the molecule is Nc1ccc(C#CCn2cccn2)nn1. The van der Waals surface area contributed by atoms with E-state index in [1.54, 1.807) is 23.0 Å². The zero-order chi connectivity index (χ0) is 10.5. The van der Waals surface area contributed by atoms with Crippen LogP contribution in [0.25, 0.3) is 0 Å². The Kier molecular flexibility index (Phi) is 2.61. The van der Waals surface area contributed by atoms with Crippen molar-refractivity contribution in [3.05, 3.63) is 36.3 Å². The minimum atomic E-state index is 0.396. The molecular formula is C10H9N5. The van der Waals surface area contributed by atoms with Crippen molar-refractivity contribution in [2.75, 3.05) is 5.73 Å². The molecule has 0 amide bonds. The van der Waals surface area contributed by atoms with Crippen LogP contribution in [0, 0.1) is 11.8 Å². The van der Waals surface area contributed by atoms with E-state index in [0.717, 1.165) is 0 Å². The minimum Gasteiger partial charge on any atom is -0.382 e. The lowest BCUT2D eigenvalue weighted by Crippen LogP contribution is -1.96. The molecule has 0 spiro atoms. The van der Waals surface area contributed by atoms with Crippen molar-refractivity contribution in [2.24, 2.45) is 0 Å². The summed E-state index contributed by atoms with van der Waals surface area (Å²) in [6, 6.07) is 5.26. The van der Waals surface area contributed by atoms with Gasteiger partial charge in [0.05, 0.1) is 0 Å². The average Bonchev–Trinajstić information content (AvgIpc) is 2.74. The van der Waals surface area contributed by atoms with Crippen LogP contribution in [0.15, 0.2) is 30.6 Å². The van der Waals surface area contributed by atoms with Gasteiger partial charge in [-0.05, 0) is 24.1 Å². The fourth-order valence-electron chi connectivity index (χ4n) is 1.01. The Morgan fingerprint density at radius 2 is 2.27 bits per heavy atom. The van der Waals surface area contributed by atoms with Crippen molar-refractivity contribution in [1.29, 1.82) is 0 Å². The van der Waals surface area contributed by atoms with E-state index in [-0.39, 0.29) is 0 Å². The molecule has 15 heavy (non-hydrogen) atoms. The zero-order valence-electron chi connectivity index (χ0n) is 7.96. The van der Waals surface area contributed by atoms with Gasteiger partial charge in [-0.25, -0.2) is 0 Å². The van der Waals surface area contributed by atoms with Crippen molar-refractivity contribution < 1.29 is 0 Å². The van der Waals surface area contributed by atoms with E-state index < -0.39 is 0 Å². The molecule has 0 saturated carbocycles. The maximum atomic E-state index is 5.40. The van der Waals surface area contributed by atoms with Gasteiger partial charge in [-0.3, -0.25) is 4.68 Å². The topological polar surface area (TPSA) is 69.6 Å². The first kappa shape index (κ1) is 9.21. The third kappa shape index (κ3) is 2.54. The number of hydrogen-bond donors (Lipinski definition) is 1. The molecule has 0 atom stereocenters. The standard InChI is InChI=1S/C10H9N5/c11-10-5-4-9(13-14-10)3-1-7-15-8-2-6-12-15/h2,4-6,8H,7H2,(H2,11,14). The summed E-state index contributed by atoms with van der Waals surface area (Å²) in [6.45, 7) is 0.541. The van der Waals surface area contributed by atoms with Crippen LogP contribution in [0.3, 0.4) is 0 Å². The Bertz CT molecular complexity index is 475. The van der Waals surface area contributed by atoms with Gasteiger partial charge in [0.25, 0.3) is 0 Å². The van der Waals surface area contributed by atoms with Crippen molar-refractivity contribution in [3.63, 3.8) is 0 Å². The molecule has 0 fully saturated rings. The molecule has 2 N–H and O–H groups in total. The van der Waals surface area contributed by atoms with E-state index in [4.69, 9.17) is 5.73 Å². The number of aromatic nitrogens is 4. The van der Waals surface area contributed by atoms with Gasteiger partial charge < -0.3 is 5.73 Å². The summed E-state index contributed by atoms with van der Waals surface area (Å²) in [7, 11) is 0. The molecule has 2 aromatic rings. The first-order valence-corrected chi connectivity index (χ1v) is 4.40. The Balaban J connectivity index is 2.03. The van der Waals surface area contributed by atoms with E-state index in [9.17, 15) is 0 Å². The molecule has 0 aliphatic carbocycles. The minimum absolute atomic E-state index is 0.396. The number of hydrogen-bond acceptors (Lipinski definition) is 4. The summed E-state index contributed by atoms with van der Waals surface area (Å²) < 4.78 is 1.73. The lowest BCUT2D eigenvalue weighted by molar-refractivity contribution is 0.715. The summed E-state index contributed by atoms with van der Waals surface area (Å²) >= 11 is 0. The molecule has 5 nitrogen and oxygen atoms in total. The largest absolute Gasteiger partial charge is 0.382 e. The third-order valence-electron chi connectivity index (χ3n) is 1.70. The molecule has 74 valence electrons. The molecule has 2 rings (SSSR count). The molecule has 2 heterocycles. The van der Waals surface area contributed by atoms with Crippen LogP contribution in [-0.4, -0.2) is 20.0 Å². The number of nitrogens with zero attached hydrogens (tertiary/aromatic N) is 4. The summed E-state index contributed by atoms with van der Waals surface area (Å²) in [6.07, 6.45) is 3.56. The number of rotatable bonds is 1. The third-order valence-corrected chi connectivity index (χ3v) is 1.70. The lowest BCUT2D eigenvalue weighted by atomic mass is 10.4. The van der Waals surface area contributed by atoms with Crippen LogP contribution in [0.1, 0.15) is 5.69 Å². The van der Waals surface area contributed by atoms with Crippen LogP contribution >= 0.6 is 0 Å². The summed E-state index contributed by atoms with van der Waals surface area (Å²) in [5.74, 6) is 6.20. The highest BCUT2D eigenvalue weighted by molar-refractivity contribution is 5.32. The predicted molar refractivity (Wildman–Crippen MR) is 55.5 cm³/mol. The Morgan fingerprint density at radius 3 is 2.93 bits per heavy atom. The molecule has 0 saturated heterocycles. The van der Waals surface area contributed by atoms with E-state index in [0.29, 0.717) is 18.1 Å². The van der Waals surface area contributed by atoms with Gasteiger partial charge in [-0.1, -0.05) is 5.92 Å². The lowest BCUT2D eigenvalue weighted by Gasteiger charge is -1.91. The Hall–Kier alpha value is -2.35. The number of nitrogens with two attached hydrogens (primary N) is 1. The van der Waals surface area contributed by atoms with Crippen LogP contribution < -0.4 is 5.73 Å². The highest BCUT2D eigenvalue weighted by Gasteiger charge is 1.89. The normalized spacial score (nSPS) is 9.33. The second-order valence-electron chi connectivity index (χ2n) is 2.85. The highest BCUT2D eigenvalue weighted by Crippen LogP contribution is 1.94. The molecule has 0 unspecified atom stereocenters. The van der Waals surface area contributed by atoms with Crippen molar-refractivity contribution in [1.82, 2.24) is 20.0 Å². The molecule has 0 aliphatic rings. The monoisotopic (exact) mass is 199 g/mol. The average molecular weight is 199 g/mol. The van der Waals surface area contributed by atoms with E-state index in [1.165, 1.54) is 0 Å². The molecule has 2 aromatic heterocycles. The van der Waals surface area contributed by atoms with Gasteiger partial charge in [-0.2, -0.15) is 5.10 Å². The Morgan fingerprint density at radius 1 is 1.33 bits per heavy atom. The van der Waals surface area contributed by atoms with E-state index >= 15 is 0 Å². The molecule has 0 aromatic carbocycles. The van der Waals surface area contributed by atoms with E-state index in [2.05, 4.69) is 27.1 Å². The molecule has 0 radical (unpaired) electrons. The highest BCUT2D eigenvalue weighted by atomic mass is 15.3. The van der Waals surface area contributed by atoms with Crippen molar-refractivity contribution in [3.8, 4) is 11.8 Å². The number of anilines is 1. The van der Waals surface area contributed by atoms with E-state index in [1.807, 2.05) is 12.3 Å². The Labute approximate surface area is 86.9 Å². The van der Waals surface area contributed by atoms with Gasteiger partial charge in [0.2, 0.25) is 0 Å². The van der Waals surface area contributed by atoms with Crippen LogP contribution in [0.5, 0.6) is 0 Å². The first-order chi connectivity index (χ1) is 7.34. The van der Waals surface area contributed by atoms with Crippen LogP contribution in [0.4, 0.5) is 5.82 Å². The first-order valence-electron chi connectivity index (χ1n) is 4.40. The van der Waals surface area contributed by atoms with Gasteiger partial charge in [0.15, 0.2) is 0 Å².